The Morgan fingerprint density at radius 1 is 1.50 bits per heavy atom. The summed E-state index contributed by atoms with van der Waals surface area (Å²) in [6, 6.07) is 3.51. The van der Waals surface area contributed by atoms with Crippen LogP contribution in [-0.2, 0) is 4.74 Å². The van der Waals surface area contributed by atoms with Gasteiger partial charge in [0.2, 0.25) is 0 Å². The lowest BCUT2D eigenvalue weighted by Crippen LogP contribution is -2.44. The molecule has 0 radical (unpaired) electrons. The number of aromatic amines is 1. The van der Waals surface area contributed by atoms with Crippen LogP contribution in [0.15, 0.2) is 23.3 Å². The van der Waals surface area contributed by atoms with Gasteiger partial charge >= 0.3 is 0 Å². The Balaban J connectivity index is 1.99. The van der Waals surface area contributed by atoms with E-state index in [1.165, 1.54) is 30.1 Å². The molecule has 0 aliphatic carbocycles. The monoisotopic (exact) mass is 357 g/mol. The minimum atomic E-state index is -1.71. The van der Waals surface area contributed by atoms with Crippen LogP contribution in [0.1, 0.15) is 18.7 Å². The standard InChI is InChI=1S/C16H15N5O5/c1-16(25)13(23)10(6-22)26-15(16)21-5-8-2-7(3-17)12-11(8)9(20-21)4-18-19-14(12)24/h2,4-5,10,13,15,22-23,25H,6H2,1H3,(H,19,24)/t10-,13-,15-,16-/m1/s1. The maximum atomic E-state index is 12.2. The number of aliphatic hydroxyl groups excluding tert-OH is 2. The van der Waals surface area contributed by atoms with Crippen molar-refractivity contribution in [1.82, 2.24) is 20.0 Å². The van der Waals surface area contributed by atoms with Gasteiger partial charge in [0.25, 0.3) is 5.56 Å². The Kier molecular flexibility index (Phi) is 3.57. The lowest BCUT2D eigenvalue weighted by molar-refractivity contribution is -0.102. The highest BCUT2D eigenvalue weighted by molar-refractivity contribution is 6.11. The summed E-state index contributed by atoms with van der Waals surface area (Å²) in [7, 11) is 0. The molecule has 4 atom stereocenters. The van der Waals surface area contributed by atoms with Crippen LogP contribution in [0.3, 0.4) is 0 Å². The average molecular weight is 357 g/mol. The molecule has 2 aromatic heterocycles. The first kappa shape index (κ1) is 16.6. The highest BCUT2D eigenvalue weighted by atomic mass is 16.6. The highest BCUT2D eigenvalue weighted by Crippen LogP contribution is 2.38. The Morgan fingerprint density at radius 2 is 2.27 bits per heavy atom. The first-order valence-electron chi connectivity index (χ1n) is 7.84. The van der Waals surface area contributed by atoms with Crippen molar-refractivity contribution in [3.63, 3.8) is 0 Å². The quantitative estimate of drug-likeness (QED) is 0.462. The second-order valence-corrected chi connectivity index (χ2v) is 6.45. The van der Waals surface area contributed by atoms with Gasteiger partial charge in [0.05, 0.1) is 23.8 Å². The van der Waals surface area contributed by atoms with Crippen molar-refractivity contribution in [2.24, 2.45) is 0 Å². The summed E-state index contributed by atoms with van der Waals surface area (Å²) < 4.78 is 6.86. The minimum Gasteiger partial charge on any atom is -0.394 e. The van der Waals surface area contributed by atoms with Gasteiger partial charge in [0.1, 0.15) is 29.4 Å². The summed E-state index contributed by atoms with van der Waals surface area (Å²) in [6.07, 6.45) is -0.525. The number of aliphatic hydroxyl groups is 3. The summed E-state index contributed by atoms with van der Waals surface area (Å²) in [6.45, 7) is 0.910. The van der Waals surface area contributed by atoms with Crippen molar-refractivity contribution in [3.05, 3.63) is 34.4 Å². The number of ether oxygens (including phenoxy) is 1. The average Bonchev–Trinajstić information content (AvgIpc) is 3.03. The van der Waals surface area contributed by atoms with E-state index < -0.39 is 36.2 Å². The summed E-state index contributed by atoms with van der Waals surface area (Å²) in [5.41, 5.74) is -1.74. The van der Waals surface area contributed by atoms with Gasteiger partial charge in [-0.1, -0.05) is 0 Å². The van der Waals surface area contributed by atoms with Crippen molar-refractivity contribution >= 4 is 21.7 Å². The number of nitriles is 1. The van der Waals surface area contributed by atoms with E-state index >= 15 is 0 Å². The molecule has 0 unspecified atom stereocenters. The fraction of sp³-hybridized carbons (Fsp3) is 0.375. The minimum absolute atomic E-state index is 0.177. The van der Waals surface area contributed by atoms with E-state index in [4.69, 9.17) is 4.74 Å². The molecule has 3 aromatic rings. The lowest BCUT2D eigenvalue weighted by Gasteiger charge is -2.27. The fourth-order valence-electron chi connectivity index (χ4n) is 3.42. The summed E-state index contributed by atoms with van der Waals surface area (Å²) in [5, 5.41) is 51.1. The molecule has 0 spiro atoms. The van der Waals surface area contributed by atoms with Crippen molar-refractivity contribution in [3.8, 4) is 6.07 Å². The van der Waals surface area contributed by atoms with E-state index in [-0.39, 0.29) is 10.9 Å². The van der Waals surface area contributed by atoms with Crippen LogP contribution in [0.5, 0.6) is 0 Å². The van der Waals surface area contributed by atoms with Gasteiger partial charge in [-0.05, 0) is 13.0 Å². The Bertz CT molecular complexity index is 1110. The largest absolute Gasteiger partial charge is 0.394 e. The number of hydrogen-bond donors (Lipinski definition) is 4. The van der Waals surface area contributed by atoms with E-state index in [2.05, 4.69) is 15.3 Å². The molecule has 0 amide bonds. The first-order chi connectivity index (χ1) is 12.4. The smallest absolute Gasteiger partial charge is 0.273 e. The maximum Gasteiger partial charge on any atom is 0.273 e. The molecule has 1 aliphatic rings. The third kappa shape index (κ3) is 2.16. The van der Waals surface area contributed by atoms with E-state index in [1.807, 2.05) is 6.07 Å². The van der Waals surface area contributed by atoms with Crippen molar-refractivity contribution in [2.45, 2.75) is 31.0 Å². The molecule has 1 aliphatic heterocycles. The fourth-order valence-corrected chi connectivity index (χ4v) is 3.42. The van der Waals surface area contributed by atoms with Gasteiger partial charge in [0.15, 0.2) is 6.23 Å². The van der Waals surface area contributed by atoms with Gasteiger partial charge in [-0.3, -0.25) is 4.79 Å². The van der Waals surface area contributed by atoms with Gasteiger partial charge < -0.3 is 20.1 Å². The van der Waals surface area contributed by atoms with Gasteiger partial charge in [-0.25, -0.2) is 9.78 Å². The third-order valence-corrected chi connectivity index (χ3v) is 4.73. The Morgan fingerprint density at radius 3 is 2.92 bits per heavy atom. The molecule has 1 saturated heterocycles. The number of H-pyrrole nitrogens is 1. The van der Waals surface area contributed by atoms with Crippen LogP contribution in [-0.4, -0.2) is 59.7 Å². The highest BCUT2D eigenvalue weighted by Gasteiger charge is 2.53. The topological polar surface area (TPSA) is 157 Å². The van der Waals surface area contributed by atoms with Crippen molar-refractivity contribution < 1.29 is 20.1 Å². The number of aromatic nitrogens is 4. The number of rotatable bonds is 2. The number of nitrogens with one attached hydrogen (secondary N) is 1. The molecule has 134 valence electrons. The zero-order valence-electron chi connectivity index (χ0n) is 13.6. The first-order valence-corrected chi connectivity index (χ1v) is 7.84. The predicted molar refractivity (Wildman–Crippen MR) is 88.0 cm³/mol. The predicted octanol–water partition coefficient (Wildman–Crippen LogP) is -0.854. The second kappa shape index (κ2) is 5.58. The van der Waals surface area contributed by atoms with Gasteiger partial charge in [-0.15, -0.1) is 0 Å². The van der Waals surface area contributed by atoms with Crippen molar-refractivity contribution in [1.29, 1.82) is 5.26 Å². The van der Waals surface area contributed by atoms with Crippen LogP contribution in [0.2, 0.25) is 0 Å². The third-order valence-electron chi connectivity index (χ3n) is 4.73. The van der Waals surface area contributed by atoms with Gasteiger partial charge in [0, 0.05) is 17.0 Å². The Labute approximate surface area is 145 Å². The number of nitrogens with zero attached hydrogens (tertiary/aromatic N) is 4. The summed E-state index contributed by atoms with van der Waals surface area (Å²) in [5.74, 6) is 0. The van der Waals surface area contributed by atoms with E-state index in [1.54, 1.807) is 0 Å². The lowest BCUT2D eigenvalue weighted by atomic mass is 9.97. The van der Waals surface area contributed by atoms with E-state index in [0.717, 1.165) is 0 Å². The van der Waals surface area contributed by atoms with Gasteiger partial charge in [-0.2, -0.15) is 15.5 Å². The molecule has 4 rings (SSSR count). The van der Waals surface area contributed by atoms with E-state index in [0.29, 0.717) is 16.3 Å². The molecule has 0 saturated carbocycles. The maximum absolute atomic E-state index is 12.2. The summed E-state index contributed by atoms with van der Waals surface area (Å²) in [4.78, 5) is 12.2. The molecule has 1 fully saturated rings. The van der Waals surface area contributed by atoms with Crippen LogP contribution in [0, 0.1) is 11.3 Å². The SMILES string of the molecule is C[C@@]1(O)[C@H](O)[C@@H](CO)O[C@H]1n1cc2cc(C#N)c3c(=O)[nH]ncc(n1)c23. The van der Waals surface area contributed by atoms with Crippen LogP contribution in [0.25, 0.3) is 21.7 Å². The zero-order valence-corrected chi connectivity index (χ0v) is 13.6. The van der Waals surface area contributed by atoms with Crippen LogP contribution < -0.4 is 5.56 Å². The van der Waals surface area contributed by atoms with Crippen molar-refractivity contribution in [2.75, 3.05) is 6.61 Å². The second-order valence-electron chi connectivity index (χ2n) is 6.45. The molecular weight excluding hydrogens is 342 g/mol. The van der Waals surface area contributed by atoms with Crippen LogP contribution >= 0.6 is 0 Å². The normalized spacial score (nSPS) is 28.7. The molecular formula is C16H15N5O5. The molecule has 10 heteroatoms. The number of hydrogen-bond acceptors (Lipinski definition) is 8. The van der Waals surface area contributed by atoms with E-state index in [9.17, 15) is 25.4 Å². The molecule has 3 heterocycles. The van der Waals surface area contributed by atoms with Crippen LogP contribution in [0.4, 0.5) is 0 Å². The summed E-state index contributed by atoms with van der Waals surface area (Å²) >= 11 is 0. The molecule has 0 bridgehead atoms. The molecule has 26 heavy (non-hydrogen) atoms. The molecule has 10 nitrogen and oxygen atoms in total. The Hall–Kier alpha value is -2.84. The molecule has 4 N–H and O–H groups in total. The molecule has 1 aromatic carbocycles. The zero-order chi connectivity index (χ0) is 18.6.